The molecular formula is C19H13N3O3. The minimum atomic E-state index is -0.452. The molecule has 122 valence electrons. The predicted molar refractivity (Wildman–Crippen MR) is 90.4 cm³/mol. The Bertz CT molecular complexity index is 999. The zero-order valence-electron chi connectivity index (χ0n) is 13.3. The number of aromatic nitrogens is 2. The highest BCUT2D eigenvalue weighted by Gasteiger charge is 2.13. The van der Waals surface area contributed by atoms with Crippen LogP contribution in [0.15, 0.2) is 54.7 Å². The van der Waals surface area contributed by atoms with Gasteiger partial charge in [-0.3, -0.25) is 4.79 Å². The number of carbonyl (C=O) groups excluding carboxylic acids is 2. The Hall–Kier alpha value is -3.72. The van der Waals surface area contributed by atoms with Crippen LogP contribution in [0.5, 0.6) is 0 Å². The normalized spacial score (nSPS) is 10.1. The predicted octanol–water partition coefficient (Wildman–Crippen LogP) is 3.01. The molecule has 0 atom stereocenters. The van der Waals surface area contributed by atoms with Crippen molar-refractivity contribution in [3.05, 3.63) is 71.4 Å². The Balaban J connectivity index is 2.08. The van der Waals surface area contributed by atoms with E-state index in [0.29, 0.717) is 39.9 Å². The van der Waals surface area contributed by atoms with Gasteiger partial charge in [-0.2, -0.15) is 10.4 Å². The number of carbonyl (C=O) groups is 2. The van der Waals surface area contributed by atoms with Crippen molar-refractivity contribution < 1.29 is 14.3 Å². The van der Waals surface area contributed by atoms with Crippen LogP contribution in [0.25, 0.3) is 16.9 Å². The van der Waals surface area contributed by atoms with E-state index >= 15 is 0 Å². The van der Waals surface area contributed by atoms with Crippen LogP contribution in [-0.4, -0.2) is 29.1 Å². The quantitative estimate of drug-likeness (QED) is 0.542. The molecule has 0 saturated heterocycles. The summed E-state index contributed by atoms with van der Waals surface area (Å²) in [7, 11) is 1.31. The van der Waals surface area contributed by atoms with E-state index in [1.165, 1.54) is 11.8 Å². The number of rotatable bonds is 4. The van der Waals surface area contributed by atoms with Gasteiger partial charge in [0, 0.05) is 11.8 Å². The molecule has 0 aliphatic carbocycles. The molecule has 2 aromatic carbocycles. The third-order valence-corrected chi connectivity index (χ3v) is 3.67. The van der Waals surface area contributed by atoms with Gasteiger partial charge >= 0.3 is 5.97 Å². The van der Waals surface area contributed by atoms with Crippen LogP contribution >= 0.6 is 0 Å². The van der Waals surface area contributed by atoms with Crippen molar-refractivity contribution in [1.82, 2.24) is 9.78 Å². The van der Waals surface area contributed by atoms with Gasteiger partial charge in [-0.15, -0.1) is 0 Å². The molecule has 0 aliphatic heterocycles. The average Bonchev–Trinajstić information content (AvgIpc) is 3.12. The molecule has 0 unspecified atom stereocenters. The van der Waals surface area contributed by atoms with Crippen molar-refractivity contribution in [3.8, 4) is 23.0 Å². The van der Waals surface area contributed by atoms with Crippen molar-refractivity contribution in [1.29, 1.82) is 5.26 Å². The summed E-state index contributed by atoms with van der Waals surface area (Å²) in [6, 6.07) is 15.7. The lowest BCUT2D eigenvalue weighted by Gasteiger charge is -2.04. The lowest BCUT2D eigenvalue weighted by molar-refractivity contribution is 0.0600. The molecule has 0 radical (unpaired) electrons. The largest absolute Gasteiger partial charge is 0.465 e. The molecule has 6 nitrogen and oxygen atoms in total. The maximum Gasteiger partial charge on any atom is 0.337 e. The maximum absolute atomic E-state index is 11.7. The molecule has 0 N–H and O–H groups in total. The number of benzene rings is 2. The van der Waals surface area contributed by atoms with E-state index < -0.39 is 5.97 Å². The first kappa shape index (κ1) is 16.1. The minimum absolute atomic E-state index is 0.385. The number of ether oxygens (including phenoxy) is 1. The monoisotopic (exact) mass is 331 g/mol. The first-order chi connectivity index (χ1) is 12.2. The molecule has 0 spiro atoms. The number of nitriles is 1. The van der Waals surface area contributed by atoms with E-state index in [9.17, 15) is 9.59 Å². The number of nitrogens with zero attached hydrogens (tertiary/aromatic N) is 3. The van der Waals surface area contributed by atoms with E-state index in [1.807, 2.05) is 0 Å². The minimum Gasteiger partial charge on any atom is -0.465 e. The summed E-state index contributed by atoms with van der Waals surface area (Å²) in [6.45, 7) is 0. The molecule has 6 heteroatoms. The molecule has 0 aliphatic rings. The molecule has 0 fully saturated rings. The van der Waals surface area contributed by atoms with Gasteiger partial charge < -0.3 is 4.74 Å². The first-order valence-electron chi connectivity index (χ1n) is 7.40. The van der Waals surface area contributed by atoms with E-state index in [2.05, 4.69) is 11.2 Å². The fourth-order valence-corrected chi connectivity index (χ4v) is 2.46. The van der Waals surface area contributed by atoms with Crippen LogP contribution in [0.2, 0.25) is 0 Å². The van der Waals surface area contributed by atoms with E-state index in [4.69, 9.17) is 10.00 Å². The van der Waals surface area contributed by atoms with Gasteiger partial charge in [-0.25, -0.2) is 9.48 Å². The Morgan fingerprint density at radius 3 is 2.76 bits per heavy atom. The van der Waals surface area contributed by atoms with Gasteiger partial charge in [0.1, 0.15) is 5.69 Å². The molecule has 0 bridgehead atoms. The van der Waals surface area contributed by atoms with Gasteiger partial charge in [0.2, 0.25) is 0 Å². The molecule has 3 rings (SSSR count). The van der Waals surface area contributed by atoms with Crippen molar-refractivity contribution in [2.24, 2.45) is 0 Å². The number of hydrogen-bond donors (Lipinski definition) is 0. The molecule has 1 heterocycles. The topological polar surface area (TPSA) is 85.0 Å². The molecule has 3 aromatic rings. The molecule has 0 saturated carbocycles. The standard InChI is InChI=1S/C19H13N3O3/c1-25-19(24)15-6-3-7-17(9-15)22-11-16(12-23)18(21-22)14-5-2-4-13(8-14)10-20/h2-9,11-12H,1H3. The van der Waals surface area contributed by atoms with Crippen LogP contribution in [0, 0.1) is 11.3 Å². The fourth-order valence-electron chi connectivity index (χ4n) is 2.46. The molecule has 25 heavy (non-hydrogen) atoms. The van der Waals surface area contributed by atoms with E-state index in [0.717, 1.165) is 0 Å². The molecule has 1 aromatic heterocycles. The van der Waals surface area contributed by atoms with E-state index in [1.54, 1.807) is 54.7 Å². The third kappa shape index (κ3) is 3.16. The van der Waals surface area contributed by atoms with Gasteiger partial charge in [-0.1, -0.05) is 18.2 Å². The Kier molecular flexibility index (Phi) is 4.40. The Morgan fingerprint density at radius 1 is 1.24 bits per heavy atom. The van der Waals surface area contributed by atoms with Crippen LogP contribution < -0.4 is 0 Å². The van der Waals surface area contributed by atoms with Gasteiger partial charge in [-0.05, 0) is 30.3 Å². The summed E-state index contributed by atoms with van der Waals surface area (Å²) >= 11 is 0. The SMILES string of the molecule is COC(=O)c1cccc(-n2cc(C=O)c(-c3cccc(C#N)c3)n2)c1. The Morgan fingerprint density at radius 2 is 2.04 bits per heavy atom. The lowest BCUT2D eigenvalue weighted by Crippen LogP contribution is -2.03. The zero-order chi connectivity index (χ0) is 17.8. The lowest BCUT2D eigenvalue weighted by atomic mass is 10.1. The van der Waals surface area contributed by atoms with Crippen LogP contribution in [0.1, 0.15) is 26.3 Å². The third-order valence-electron chi connectivity index (χ3n) is 3.67. The second kappa shape index (κ2) is 6.81. The molecule has 0 amide bonds. The maximum atomic E-state index is 11.7. The second-order valence-electron chi connectivity index (χ2n) is 5.23. The average molecular weight is 331 g/mol. The van der Waals surface area contributed by atoms with Crippen LogP contribution in [0.4, 0.5) is 0 Å². The van der Waals surface area contributed by atoms with Crippen molar-refractivity contribution in [2.75, 3.05) is 7.11 Å². The summed E-state index contributed by atoms with van der Waals surface area (Å²) < 4.78 is 6.24. The van der Waals surface area contributed by atoms with Crippen LogP contribution in [-0.2, 0) is 4.74 Å². The number of hydrogen-bond acceptors (Lipinski definition) is 5. The number of aldehydes is 1. The molecular weight excluding hydrogens is 318 g/mol. The van der Waals surface area contributed by atoms with Crippen molar-refractivity contribution in [2.45, 2.75) is 0 Å². The highest BCUT2D eigenvalue weighted by Crippen LogP contribution is 2.24. The first-order valence-corrected chi connectivity index (χ1v) is 7.40. The highest BCUT2D eigenvalue weighted by molar-refractivity contribution is 5.90. The number of esters is 1. The summed E-state index contributed by atoms with van der Waals surface area (Å²) in [5.41, 5.74) is 3.01. The zero-order valence-corrected chi connectivity index (χ0v) is 13.3. The van der Waals surface area contributed by atoms with Gasteiger partial charge in [0.05, 0.1) is 35.6 Å². The fraction of sp³-hybridized carbons (Fsp3) is 0.0526. The highest BCUT2D eigenvalue weighted by atomic mass is 16.5. The van der Waals surface area contributed by atoms with Crippen LogP contribution in [0.3, 0.4) is 0 Å². The summed E-state index contributed by atoms with van der Waals surface area (Å²) in [4.78, 5) is 23.1. The van der Waals surface area contributed by atoms with Crippen molar-refractivity contribution >= 4 is 12.3 Å². The number of methoxy groups -OCH3 is 1. The second-order valence-corrected chi connectivity index (χ2v) is 5.23. The van der Waals surface area contributed by atoms with Crippen molar-refractivity contribution in [3.63, 3.8) is 0 Å². The smallest absolute Gasteiger partial charge is 0.337 e. The summed E-state index contributed by atoms with van der Waals surface area (Å²) in [6.07, 6.45) is 2.29. The van der Waals surface area contributed by atoms with E-state index in [-0.39, 0.29) is 0 Å². The summed E-state index contributed by atoms with van der Waals surface area (Å²) in [5, 5.41) is 13.5. The van der Waals surface area contributed by atoms with Gasteiger partial charge in [0.25, 0.3) is 0 Å². The Labute approximate surface area is 143 Å². The van der Waals surface area contributed by atoms with Gasteiger partial charge in [0.15, 0.2) is 6.29 Å². The summed E-state index contributed by atoms with van der Waals surface area (Å²) in [5.74, 6) is -0.452.